The lowest BCUT2D eigenvalue weighted by atomic mass is 10.2. The zero-order valence-electron chi connectivity index (χ0n) is 13.5. The van der Waals surface area contributed by atoms with Crippen LogP contribution in [0.4, 0.5) is 15.2 Å². The van der Waals surface area contributed by atoms with Crippen LogP contribution in [0.2, 0.25) is 5.02 Å². The molecule has 0 fully saturated rings. The predicted molar refractivity (Wildman–Crippen MR) is 98.6 cm³/mol. The maximum absolute atomic E-state index is 13.1. The van der Waals surface area contributed by atoms with E-state index in [1.54, 1.807) is 6.92 Å². The summed E-state index contributed by atoms with van der Waals surface area (Å²) in [7, 11) is 0. The minimum Gasteiger partial charge on any atom is -0.360 e. The Morgan fingerprint density at radius 1 is 1.38 bits per heavy atom. The van der Waals surface area contributed by atoms with E-state index in [2.05, 4.69) is 34.7 Å². The molecule has 1 atom stereocenters. The lowest BCUT2D eigenvalue weighted by Gasteiger charge is -2.10. The minimum absolute atomic E-state index is 0.0295. The highest BCUT2D eigenvalue weighted by Crippen LogP contribution is 2.29. The standard InChI is InChI=1S/C15H18ClFN4OS2/c1-8(2)7-18-14-20-21-15(24-14)23-9(3)13(22)19-10-4-5-12(17)11(16)6-10/h4-6,8-9H,7H2,1-3H3,(H,18,20)(H,19,22)/t9-/m1/s1. The van der Waals surface area contributed by atoms with Crippen molar-refractivity contribution in [2.24, 2.45) is 5.92 Å². The Morgan fingerprint density at radius 2 is 2.12 bits per heavy atom. The van der Waals surface area contributed by atoms with Gasteiger partial charge in [-0.25, -0.2) is 4.39 Å². The normalized spacial score (nSPS) is 12.2. The second kappa shape index (κ2) is 8.64. The second-order valence-corrected chi connectivity index (χ2v) is 8.50. The van der Waals surface area contributed by atoms with Crippen LogP contribution in [-0.2, 0) is 4.79 Å². The molecule has 0 aliphatic rings. The van der Waals surface area contributed by atoms with Gasteiger partial charge in [-0.15, -0.1) is 10.2 Å². The van der Waals surface area contributed by atoms with E-state index < -0.39 is 5.82 Å². The second-order valence-electron chi connectivity index (χ2n) is 5.53. The van der Waals surface area contributed by atoms with Crippen molar-refractivity contribution in [3.05, 3.63) is 29.0 Å². The van der Waals surface area contributed by atoms with Crippen molar-refractivity contribution < 1.29 is 9.18 Å². The molecule has 1 heterocycles. The number of carbonyl (C=O) groups excluding carboxylic acids is 1. The molecule has 0 radical (unpaired) electrons. The van der Waals surface area contributed by atoms with Gasteiger partial charge in [0.15, 0.2) is 4.34 Å². The molecular formula is C15H18ClFN4OS2. The minimum atomic E-state index is -0.521. The fraction of sp³-hybridized carbons (Fsp3) is 0.400. The summed E-state index contributed by atoms with van der Waals surface area (Å²) in [6, 6.07) is 4.06. The lowest BCUT2D eigenvalue weighted by Crippen LogP contribution is -2.22. The summed E-state index contributed by atoms with van der Waals surface area (Å²) in [5.74, 6) is -0.223. The quantitative estimate of drug-likeness (QED) is 0.682. The number of hydrogen-bond acceptors (Lipinski definition) is 6. The smallest absolute Gasteiger partial charge is 0.237 e. The number of anilines is 2. The molecule has 2 N–H and O–H groups in total. The molecule has 0 saturated heterocycles. The van der Waals surface area contributed by atoms with Gasteiger partial charge in [-0.3, -0.25) is 4.79 Å². The first-order valence-electron chi connectivity index (χ1n) is 7.35. The summed E-state index contributed by atoms with van der Waals surface area (Å²) in [6.07, 6.45) is 0. The SMILES string of the molecule is CC(C)CNc1nnc(S[C@H](C)C(=O)Nc2ccc(F)c(Cl)c2)s1. The van der Waals surface area contributed by atoms with Gasteiger partial charge in [0.1, 0.15) is 5.82 Å². The molecule has 0 aliphatic heterocycles. The maximum atomic E-state index is 13.1. The zero-order chi connectivity index (χ0) is 17.7. The summed E-state index contributed by atoms with van der Waals surface area (Å²) >= 11 is 8.44. The van der Waals surface area contributed by atoms with Crippen LogP contribution < -0.4 is 10.6 Å². The number of nitrogens with one attached hydrogen (secondary N) is 2. The van der Waals surface area contributed by atoms with Crippen molar-refractivity contribution in [1.29, 1.82) is 0 Å². The summed E-state index contributed by atoms with van der Waals surface area (Å²) in [5, 5.41) is 14.4. The number of carbonyl (C=O) groups is 1. The van der Waals surface area contributed by atoms with Gasteiger partial charge in [0.2, 0.25) is 11.0 Å². The number of benzene rings is 1. The van der Waals surface area contributed by atoms with Crippen LogP contribution in [0.25, 0.3) is 0 Å². The first kappa shape index (κ1) is 19.0. The molecule has 2 rings (SSSR count). The number of halogens is 2. The van der Waals surface area contributed by atoms with Crippen LogP contribution in [0.5, 0.6) is 0 Å². The van der Waals surface area contributed by atoms with Gasteiger partial charge in [0.05, 0.1) is 10.3 Å². The highest BCUT2D eigenvalue weighted by molar-refractivity contribution is 8.02. The molecular weight excluding hydrogens is 371 g/mol. The molecule has 24 heavy (non-hydrogen) atoms. The Hall–Kier alpha value is -1.38. The van der Waals surface area contributed by atoms with E-state index in [1.807, 2.05) is 0 Å². The third kappa shape index (κ3) is 5.61. The van der Waals surface area contributed by atoms with Gasteiger partial charge in [-0.2, -0.15) is 0 Å². The molecule has 2 aromatic rings. The molecule has 130 valence electrons. The third-order valence-electron chi connectivity index (χ3n) is 2.90. The van der Waals surface area contributed by atoms with E-state index >= 15 is 0 Å². The predicted octanol–water partition coefficient (Wildman–Crippen LogP) is 4.52. The number of nitrogens with zero attached hydrogens (tertiary/aromatic N) is 2. The van der Waals surface area contributed by atoms with Crippen molar-refractivity contribution >= 4 is 51.4 Å². The first-order valence-corrected chi connectivity index (χ1v) is 9.42. The van der Waals surface area contributed by atoms with E-state index in [0.717, 1.165) is 11.7 Å². The topological polar surface area (TPSA) is 66.9 Å². The molecule has 0 aliphatic carbocycles. The van der Waals surface area contributed by atoms with Gasteiger partial charge in [-0.1, -0.05) is 48.5 Å². The first-order chi connectivity index (χ1) is 11.3. The molecule has 1 amide bonds. The number of thioether (sulfide) groups is 1. The van der Waals surface area contributed by atoms with Gasteiger partial charge in [-0.05, 0) is 31.0 Å². The van der Waals surface area contributed by atoms with E-state index in [4.69, 9.17) is 11.6 Å². The average molecular weight is 389 g/mol. The van der Waals surface area contributed by atoms with Crippen LogP contribution in [0.1, 0.15) is 20.8 Å². The summed E-state index contributed by atoms with van der Waals surface area (Å²) in [5.41, 5.74) is 0.454. The van der Waals surface area contributed by atoms with E-state index in [0.29, 0.717) is 15.9 Å². The van der Waals surface area contributed by atoms with E-state index in [-0.39, 0.29) is 16.2 Å². The monoisotopic (exact) mass is 388 g/mol. The Morgan fingerprint density at radius 3 is 2.79 bits per heavy atom. The number of hydrogen-bond donors (Lipinski definition) is 2. The number of aromatic nitrogens is 2. The van der Waals surface area contributed by atoms with Crippen molar-refractivity contribution in [2.45, 2.75) is 30.4 Å². The Balaban J connectivity index is 1.90. The van der Waals surface area contributed by atoms with Crippen molar-refractivity contribution in [1.82, 2.24) is 10.2 Å². The van der Waals surface area contributed by atoms with Gasteiger partial charge in [0, 0.05) is 12.2 Å². The maximum Gasteiger partial charge on any atom is 0.237 e. The van der Waals surface area contributed by atoms with Crippen molar-refractivity contribution in [2.75, 3.05) is 17.2 Å². The molecule has 0 spiro atoms. The Labute approximate surface area is 153 Å². The van der Waals surface area contributed by atoms with Gasteiger partial charge >= 0.3 is 0 Å². The summed E-state index contributed by atoms with van der Waals surface area (Å²) < 4.78 is 13.8. The Kier molecular flexibility index (Phi) is 6.82. The summed E-state index contributed by atoms with van der Waals surface area (Å²) in [6.45, 7) is 6.81. The molecule has 0 unspecified atom stereocenters. The fourth-order valence-electron chi connectivity index (χ4n) is 1.64. The van der Waals surface area contributed by atoms with E-state index in [9.17, 15) is 9.18 Å². The number of rotatable bonds is 7. The molecule has 5 nitrogen and oxygen atoms in total. The largest absolute Gasteiger partial charge is 0.360 e. The average Bonchev–Trinajstić information content (AvgIpc) is 2.96. The molecule has 0 bridgehead atoms. The van der Waals surface area contributed by atoms with Crippen molar-refractivity contribution in [3.8, 4) is 0 Å². The van der Waals surface area contributed by atoms with Crippen LogP contribution >= 0.6 is 34.7 Å². The molecule has 1 aromatic carbocycles. The molecule has 9 heteroatoms. The van der Waals surface area contributed by atoms with Gasteiger partial charge in [0.25, 0.3) is 0 Å². The molecule has 1 aromatic heterocycles. The van der Waals surface area contributed by atoms with Crippen molar-refractivity contribution in [3.63, 3.8) is 0 Å². The fourth-order valence-corrected chi connectivity index (χ4v) is 3.73. The number of amides is 1. The zero-order valence-corrected chi connectivity index (χ0v) is 15.9. The van der Waals surface area contributed by atoms with Crippen LogP contribution in [-0.4, -0.2) is 27.9 Å². The van der Waals surface area contributed by atoms with Crippen LogP contribution in [0.3, 0.4) is 0 Å². The lowest BCUT2D eigenvalue weighted by molar-refractivity contribution is -0.115. The summed E-state index contributed by atoms with van der Waals surface area (Å²) in [4.78, 5) is 12.2. The van der Waals surface area contributed by atoms with Gasteiger partial charge < -0.3 is 10.6 Å². The molecule has 0 saturated carbocycles. The van der Waals surface area contributed by atoms with Crippen LogP contribution in [0, 0.1) is 11.7 Å². The highest BCUT2D eigenvalue weighted by Gasteiger charge is 2.18. The van der Waals surface area contributed by atoms with Crippen LogP contribution in [0.15, 0.2) is 22.5 Å². The highest BCUT2D eigenvalue weighted by atomic mass is 35.5. The third-order valence-corrected chi connectivity index (χ3v) is 5.26. The Bertz CT molecular complexity index is 711. The van der Waals surface area contributed by atoms with E-state index in [1.165, 1.54) is 41.3 Å².